The molecule has 6 rings (SSSR count). The molecule has 0 aliphatic carbocycles. The van der Waals surface area contributed by atoms with Crippen molar-refractivity contribution in [2.45, 2.75) is 48.2 Å². The SMILES string of the molecule is O=S(=O)([O-])C(F)(F)F.O=S(=O)([O-])C(F)(F)F.O=S(=O)([O-])C(F)(F)F.O=S(=O)([O-])C(F)(F)F.[Ni+3].[Ni+3].c1c[nH]c(CN2CCOCCOCCN(Cc3ncc[nH]3)CCOCC2)n1.c1c[nH]c(CN2CCOCCOCCN(Cc3ncc[nH]3)CCOCC2)n1. The number of hydrogen-bond acceptors (Lipinski definition) is 26. The Morgan fingerprint density at radius 2 is 0.466 bits per heavy atom. The van der Waals surface area contributed by atoms with E-state index in [1.54, 1.807) is 24.8 Å². The third-order valence-electron chi connectivity index (χ3n) is 10.0. The zero-order valence-electron chi connectivity index (χ0n) is 45.3. The number of aromatic nitrogens is 8. The molecule has 0 saturated carbocycles. The van der Waals surface area contributed by atoms with E-state index in [1.807, 2.05) is 24.8 Å². The Labute approximate surface area is 516 Å². The molecule has 0 amide bonds. The number of alkyl halides is 12. The van der Waals surface area contributed by atoms with Crippen molar-refractivity contribution in [3.05, 3.63) is 72.9 Å². The number of halogens is 12. The largest absolute Gasteiger partial charge is 3.00 e. The van der Waals surface area contributed by atoms with Crippen LogP contribution >= 0.6 is 0 Å². The Morgan fingerprint density at radius 3 is 0.580 bits per heavy atom. The first-order valence-corrected chi connectivity index (χ1v) is 29.8. The molecule has 2 saturated heterocycles. The number of rotatable bonds is 8. The predicted octanol–water partition coefficient (Wildman–Crippen LogP) is 1.20. The summed E-state index contributed by atoms with van der Waals surface area (Å²) in [5, 5.41) is 0. The second-order valence-corrected chi connectivity index (χ2v) is 22.0. The van der Waals surface area contributed by atoms with E-state index >= 15 is 0 Å². The van der Waals surface area contributed by atoms with E-state index < -0.39 is 62.5 Å². The minimum absolute atomic E-state index is 0. The molecule has 0 aromatic carbocycles. The molecule has 0 bridgehead atoms. The smallest absolute Gasteiger partial charge is 0.741 e. The molecule has 514 valence electrons. The third kappa shape index (κ3) is 41.6. The minimum Gasteiger partial charge on any atom is -0.741 e. The van der Waals surface area contributed by atoms with Gasteiger partial charge in [-0.3, -0.25) is 19.6 Å². The van der Waals surface area contributed by atoms with E-state index in [2.05, 4.69) is 59.5 Å². The molecule has 2 aliphatic heterocycles. The van der Waals surface area contributed by atoms with E-state index in [0.717, 1.165) is 102 Å². The summed E-state index contributed by atoms with van der Waals surface area (Å²) in [5.74, 6) is 3.84. The van der Waals surface area contributed by atoms with Gasteiger partial charge in [-0.2, -0.15) is 52.7 Å². The molecule has 30 nitrogen and oxygen atoms in total. The van der Waals surface area contributed by atoms with Gasteiger partial charge in [0.1, 0.15) is 23.3 Å². The van der Waals surface area contributed by atoms with Crippen molar-refractivity contribution in [3.8, 4) is 0 Å². The summed E-state index contributed by atoms with van der Waals surface area (Å²) in [6, 6.07) is 0. The summed E-state index contributed by atoms with van der Waals surface area (Å²) in [6.45, 7) is 17.7. The van der Waals surface area contributed by atoms with Crippen LogP contribution in [0.25, 0.3) is 0 Å². The van der Waals surface area contributed by atoms with Crippen LogP contribution in [-0.2, 0) is 128 Å². The Hall–Kier alpha value is -3.77. The fourth-order valence-corrected chi connectivity index (χ4v) is 5.86. The minimum atomic E-state index is -6.09. The molecule has 0 atom stereocenters. The molecule has 48 heteroatoms. The van der Waals surface area contributed by atoms with E-state index in [-0.39, 0.29) is 33.0 Å². The normalized spacial score (nSPS) is 17.5. The maximum absolute atomic E-state index is 10.7. The second kappa shape index (κ2) is 43.1. The maximum atomic E-state index is 10.7. The molecule has 0 unspecified atom stereocenters. The van der Waals surface area contributed by atoms with Gasteiger partial charge in [-0.15, -0.1) is 0 Å². The average Bonchev–Trinajstić information content (AvgIpc) is 4.38. The summed E-state index contributed by atoms with van der Waals surface area (Å²) in [4.78, 5) is 39.0. The van der Waals surface area contributed by atoms with Gasteiger partial charge in [0, 0.05) is 102 Å². The molecule has 2 radical (unpaired) electrons. The number of hydrogen-bond donors (Lipinski definition) is 4. The van der Waals surface area contributed by atoms with E-state index in [9.17, 15) is 52.7 Å². The number of aromatic amines is 4. The zero-order chi connectivity index (χ0) is 65.1. The number of nitrogens with one attached hydrogen (secondary N) is 4. The summed E-state index contributed by atoms with van der Waals surface area (Å²) in [5.41, 5.74) is -22.6. The van der Waals surface area contributed by atoms with Crippen LogP contribution < -0.4 is 0 Å². The van der Waals surface area contributed by atoms with Crippen molar-refractivity contribution in [1.82, 2.24) is 59.5 Å². The van der Waals surface area contributed by atoms with Gasteiger partial charge in [-0.25, -0.2) is 53.6 Å². The fourth-order valence-electron chi connectivity index (χ4n) is 5.86. The first-order valence-electron chi connectivity index (χ1n) is 24.2. The van der Waals surface area contributed by atoms with Gasteiger partial charge in [-0.1, -0.05) is 0 Å². The molecule has 88 heavy (non-hydrogen) atoms. The van der Waals surface area contributed by atoms with Crippen LogP contribution in [0.1, 0.15) is 23.3 Å². The quantitative estimate of drug-likeness (QED) is 0.0833. The van der Waals surface area contributed by atoms with Gasteiger partial charge in [0.15, 0.2) is 40.5 Å². The Balaban J connectivity index is 0. The Morgan fingerprint density at radius 1 is 0.330 bits per heavy atom. The topological polar surface area (TPSA) is 412 Å². The third-order valence-corrected chi connectivity index (χ3v) is 12.3. The van der Waals surface area contributed by atoms with Gasteiger partial charge in [0.2, 0.25) is 0 Å². The van der Waals surface area contributed by atoms with Crippen LogP contribution in [0.4, 0.5) is 52.7 Å². The average molecular weight is 1470 g/mol. The molecular formula is C40H60F12N12Ni2O18S4+2. The van der Waals surface area contributed by atoms with Gasteiger partial charge in [0.05, 0.1) is 105 Å². The Kier molecular flexibility index (Phi) is 42.3. The first kappa shape index (κ1) is 86.3. The number of imidazole rings is 4. The van der Waals surface area contributed by atoms with Crippen molar-refractivity contribution in [2.24, 2.45) is 0 Å². The molecule has 6 heterocycles. The van der Waals surface area contributed by atoms with Crippen molar-refractivity contribution in [2.75, 3.05) is 132 Å². The molecule has 2 fully saturated rings. The molecule has 0 spiro atoms. The van der Waals surface area contributed by atoms with Gasteiger partial charge in [-0.05, 0) is 0 Å². The van der Waals surface area contributed by atoms with E-state index in [0.29, 0.717) is 79.3 Å². The van der Waals surface area contributed by atoms with Crippen molar-refractivity contribution >= 4 is 40.5 Å². The van der Waals surface area contributed by atoms with Gasteiger partial charge < -0.3 is 66.6 Å². The Bertz CT molecular complexity index is 2450. The van der Waals surface area contributed by atoms with Crippen LogP contribution in [0.5, 0.6) is 0 Å². The molecule has 4 aromatic rings. The van der Waals surface area contributed by atoms with Crippen molar-refractivity contribution < 1.29 is 166 Å². The first-order chi connectivity index (χ1) is 39.8. The zero-order valence-corrected chi connectivity index (χ0v) is 50.6. The summed E-state index contributed by atoms with van der Waals surface area (Å²) >= 11 is 0. The van der Waals surface area contributed by atoms with Crippen molar-refractivity contribution in [3.63, 3.8) is 0 Å². The van der Waals surface area contributed by atoms with Crippen LogP contribution in [0, 0.1) is 0 Å². The van der Waals surface area contributed by atoms with Crippen LogP contribution in [0.2, 0.25) is 0 Å². The fraction of sp³-hybridized carbons (Fsp3) is 0.700. The van der Waals surface area contributed by atoms with Crippen molar-refractivity contribution in [1.29, 1.82) is 0 Å². The number of H-pyrrole nitrogens is 4. The van der Waals surface area contributed by atoms with Gasteiger partial charge >= 0.3 is 55.0 Å². The van der Waals surface area contributed by atoms with E-state index in [1.165, 1.54) is 0 Å². The summed E-state index contributed by atoms with van der Waals surface area (Å²) in [6.07, 6.45) is 14.5. The number of nitrogens with zero attached hydrogens (tertiary/aromatic N) is 8. The second-order valence-electron chi connectivity index (χ2n) is 16.5. The molecular weight excluding hydrogens is 1410 g/mol. The van der Waals surface area contributed by atoms with Crippen LogP contribution in [-0.4, -0.2) is 265 Å². The molecule has 4 N–H and O–H groups in total. The van der Waals surface area contributed by atoms with Gasteiger partial charge in [0.25, 0.3) is 0 Å². The molecule has 2 aliphatic rings. The predicted molar refractivity (Wildman–Crippen MR) is 263 cm³/mol. The number of ether oxygens (including phenoxy) is 6. The monoisotopic (exact) mass is 1470 g/mol. The van der Waals surface area contributed by atoms with Crippen LogP contribution in [0.3, 0.4) is 0 Å². The maximum Gasteiger partial charge on any atom is 3.00 e. The standard InChI is InChI=1S/2C18H30N6O3.4CHF3O3S.2Ni/c2*1-2-20-17(19-1)15-23-5-9-25-10-6-24(16-18-21-3-4-22-18)8-12-27-14-13-26-11-7-23;4*2-1(3,4)8(5,6)7;;/h2*1-4H,5-16H2,(H,19,20)(H,21,22);4*(H,5,6,7);;/q;;;;;;2*+3/p-4. The van der Waals surface area contributed by atoms with E-state index in [4.69, 9.17) is 80.3 Å². The summed E-state index contributed by atoms with van der Waals surface area (Å²) < 4.78 is 270. The van der Waals surface area contributed by atoms with Crippen LogP contribution in [0.15, 0.2) is 49.6 Å². The summed E-state index contributed by atoms with van der Waals surface area (Å²) in [7, 11) is -24.4. The molecule has 4 aromatic heterocycles.